The van der Waals surface area contributed by atoms with E-state index in [1.807, 2.05) is 0 Å². The van der Waals surface area contributed by atoms with E-state index in [2.05, 4.69) is 10.3 Å². The first-order valence-electron chi connectivity index (χ1n) is 8.96. The Bertz CT molecular complexity index is 1120. The van der Waals surface area contributed by atoms with Crippen LogP contribution in [0, 0.1) is 0 Å². The van der Waals surface area contributed by atoms with E-state index >= 15 is 0 Å². The lowest BCUT2D eigenvalue weighted by Crippen LogP contribution is -2.35. The predicted molar refractivity (Wildman–Crippen MR) is 109 cm³/mol. The second-order valence-electron chi connectivity index (χ2n) is 6.45. The van der Waals surface area contributed by atoms with Gasteiger partial charge in [0.25, 0.3) is 5.56 Å². The molecule has 3 N–H and O–H groups in total. The van der Waals surface area contributed by atoms with Crippen molar-refractivity contribution in [3.8, 4) is 5.75 Å². The molecule has 0 aliphatic heterocycles. The molecule has 0 spiro atoms. The molecule has 3 rings (SSSR count). The van der Waals surface area contributed by atoms with Crippen LogP contribution < -0.4 is 16.6 Å². The summed E-state index contributed by atoms with van der Waals surface area (Å²) in [5.74, 6) is -0.286. The smallest absolute Gasteiger partial charge is 0.328 e. The Labute approximate surface area is 165 Å². The van der Waals surface area contributed by atoms with Gasteiger partial charge >= 0.3 is 5.69 Å². The zero-order valence-electron chi connectivity index (χ0n) is 15.1. The Morgan fingerprint density at radius 3 is 2.71 bits per heavy atom. The highest BCUT2D eigenvalue weighted by atomic mass is 35.5. The number of nitrogens with one attached hydrogen (secondary N) is 2. The molecule has 7 nitrogen and oxygen atoms in total. The monoisotopic (exact) mass is 401 g/mol. The van der Waals surface area contributed by atoms with Crippen LogP contribution in [0.15, 0.2) is 52.1 Å². The number of para-hydroxylation sites is 1. The zero-order chi connectivity index (χ0) is 20.1. The number of rotatable bonds is 7. The molecule has 0 radical (unpaired) electrons. The molecule has 2 aromatic carbocycles. The largest absolute Gasteiger partial charge is 0.506 e. The molecule has 3 aromatic rings. The van der Waals surface area contributed by atoms with Crippen LogP contribution in [0.5, 0.6) is 5.75 Å². The van der Waals surface area contributed by atoms with Gasteiger partial charge in [-0.3, -0.25) is 14.2 Å². The van der Waals surface area contributed by atoms with Crippen molar-refractivity contribution in [3.63, 3.8) is 0 Å². The van der Waals surface area contributed by atoms with Gasteiger partial charge in [-0.1, -0.05) is 30.2 Å². The van der Waals surface area contributed by atoms with Gasteiger partial charge in [0.1, 0.15) is 5.75 Å². The van der Waals surface area contributed by atoms with E-state index in [0.717, 1.165) is 0 Å². The number of H-pyrrole nitrogens is 1. The zero-order valence-corrected chi connectivity index (χ0v) is 15.8. The van der Waals surface area contributed by atoms with Gasteiger partial charge in [0.15, 0.2) is 0 Å². The van der Waals surface area contributed by atoms with Crippen LogP contribution in [0.2, 0.25) is 5.02 Å². The van der Waals surface area contributed by atoms with E-state index in [0.29, 0.717) is 35.2 Å². The molecule has 0 saturated carbocycles. The molecule has 1 heterocycles. The summed E-state index contributed by atoms with van der Waals surface area (Å²) in [4.78, 5) is 39.2. The molecule has 0 fully saturated rings. The molecule has 0 aliphatic rings. The number of aromatic hydroxyl groups is 1. The van der Waals surface area contributed by atoms with E-state index in [4.69, 9.17) is 11.6 Å². The Kier molecular flexibility index (Phi) is 6.16. The number of aromatic amines is 1. The van der Waals surface area contributed by atoms with Crippen molar-refractivity contribution in [1.29, 1.82) is 0 Å². The second kappa shape index (κ2) is 8.75. The highest BCUT2D eigenvalue weighted by Gasteiger charge is 2.09. The Morgan fingerprint density at radius 1 is 1.11 bits per heavy atom. The lowest BCUT2D eigenvalue weighted by atomic mass is 10.1. The number of nitrogens with zero attached hydrogens (tertiary/aromatic N) is 1. The lowest BCUT2D eigenvalue weighted by Gasteiger charge is -2.08. The molecule has 1 amide bonds. The molecule has 0 saturated heterocycles. The van der Waals surface area contributed by atoms with Crippen molar-refractivity contribution in [2.45, 2.75) is 32.2 Å². The van der Waals surface area contributed by atoms with Crippen LogP contribution in [-0.4, -0.2) is 20.6 Å². The van der Waals surface area contributed by atoms with Crippen molar-refractivity contribution >= 4 is 34.1 Å². The maximum atomic E-state index is 12.4. The Morgan fingerprint density at radius 2 is 1.89 bits per heavy atom. The number of unbranched alkanes of at least 4 members (excludes halogenated alkanes) is 2. The second-order valence-corrected chi connectivity index (χ2v) is 6.89. The third kappa shape index (κ3) is 4.61. The number of hydrogen-bond donors (Lipinski definition) is 3. The summed E-state index contributed by atoms with van der Waals surface area (Å²) in [6, 6.07) is 11.3. The average Bonchev–Trinajstić information content (AvgIpc) is 2.66. The van der Waals surface area contributed by atoms with Crippen molar-refractivity contribution in [3.05, 3.63) is 68.3 Å². The van der Waals surface area contributed by atoms with Gasteiger partial charge in [0, 0.05) is 18.0 Å². The number of benzene rings is 2. The fourth-order valence-corrected chi connectivity index (χ4v) is 3.13. The fourth-order valence-electron chi connectivity index (χ4n) is 2.96. The van der Waals surface area contributed by atoms with Crippen LogP contribution in [0.4, 0.5) is 5.69 Å². The highest BCUT2D eigenvalue weighted by molar-refractivity contribution is 6.31. The molecular weight excluding hydrogens is 382 g/mol. The summed E-state index contributed by atoms with van der Waals surface area (Å²) in [6.45, 7) is 0.287. The number of carbonyl (C=O) groups is 1. The SMILES string of the molecule is O=C(CCCCCn1c(=O)[nH]c2ccccc2c1=O)Nc1cc(Cl)ccc1O. The number of phenolic OH excluding ortho intramolecular Hbond substituents is 1. The Balaban J connectivity index is 1.51. The molecule has 0 bridgehead atoms. The van der Waals surface area contributed by atoms with Gasteiger partial charge < -0.3 is 15.4 Å². The van der Waals surface area contributed by atoms with E-state index in [1.54, 1.807) is 24.3 Å². The van der Waals surface area contributed by atoms with E-state index in [1.165, 1.54) is 22.8 Å². The summed E-state index contributed by atoms with van der Waals surface area (Å²) in [7, 11) is 0. The number of hydrogen-bond acceptors (Lipinski definition) is 4. The van der Waals surface area contributed by atoms with Gasteiger partial charge in [-0.05, 0) is 43.2 Å². The fraction of sp³-hybridized carbons (Fsp3) is 0.250. The number of fused-ring (bicyclic) bond motifs is 1. The minimum absolute atomic E-state index is 0.0485. The number of amides is 1. The third-order valence-electron chi connectivity index (χ3n) is 4.41. The topological polar surface area (TPSA) is 104 Å². The average molecular weight is 402 g/mol. The molecule has 0 atom stereocenters. The van der Waals surface area contributed by atoms with Gasteiger partial charge in [0.2, 0.25) is 5.91 Å². The standard InChI is InChI=1S/C20H20ClN3O4/c21-13-9-10-17(25)16(12-13)22-18(26)8-2-1-5-11-24-19(27)14-6-3-4-7-15(14)23-20(24)28/h3-4,6-7,9-10,12,25H,1-2,5,8,11H2,(H,22,26)(H,23,28). The maximum absolute atomic E-state index is 12.4. The molecule has 28 heavy (non-hydrogen) atoms. The minimum atomic E-state index is -0.433. The van der Waals surface area contributed by atoms with Gasteiger partial charge in [-0.15, -0.1) is 0 Å². The van der Waals surface area contributed by atoms with Crippen molar-refractivity contribution < 1.29 is 9.90 Å². The van der Waals surface area contributed by atoms with E-state index < -0.39 is 5.69 Å². The van der Waals surface area contributed by atoms with Crippen LogP contribution in [-0.2, 0) is 11.3 Å². The summed E-state index contributed by atoms with van der Waals surface area (Å²) < 4.78 is 1.19. The lowest BCUT2D eigenvalue weighted by molar-refractivity contribution is -0.116. The van der Waals surface area contributed by atoms with Crippen LogP contribution >= 0.6 is 11.6 Å². The molecular formula is C20H20ClN3O4. The number of aromatic nitrogens is 2. The number of halogens is 1. The first kappa shape index (κ1) is 19.7. The minimum Gasteiger partial charge on any atom is -0.506 e. The van der Waals surface area contributed by atoms with Crippen molar-refractivity contribution in [2.75, 3.05) is 5.32 Å². The van der Waals surface area contributed by atoms with Crippen LogP contribution in [0.1, 0.15) is 25.7 Å². The summed E-state index contributed by atoms with van der Waals surface area (Å²) in [6.07, 6.45) is 2.12. The van der Waals surface area contributed by atoms with Gasteiger partial charge in [0.05, 0.1) is 16.6 Å². The van der Waals surface area contributed by atoms with Gasteiger partial charge in [-0.25, -0.2) is 4.79 Å². The van der Waals surface area contributed by atoms with Crippen molar-refractivity contribution in [2.24, 2.45) is 0 Å². The number of phenols is 1. The molecule has 0 unspecified atom stereocenters. The highest BCUT2D eigenvalue weighted by Crippen LogP contribution is 2.26. The van der Waals surface area contributed by atoms with Gasteiger partial charge in [-0.2, -0.15) is 0 Å². The van der Waals surface area contributed by atoms with E-state index in [9.17, 15) is 19.5 Å². The number of anilines is 1. The number of carbonyl (C=O) groups excluding carboxylic acids is 1. The summed E-state index contributed by atoms with van der Waals surface area (Å²) in [5.41, 5.74) is 0.0489. The molecule has 1 aromatic heterocycles. The Hall–Kier alpha value is -3.06. The normalized spacial score (nSPS) is 10.9. The maximum Gasteiger partial charge on any atom is 0.328 e. The van der Waals surface area contributed by atoms with Crippen molar-refractivity contribution in [1.82, 2.24) is 9.55 Å². The quantitative estimate of drug-likeness (QED) is 0.417. The third-order valence-corrected chi connectivity index (χ3v) is 4.64. The summed E-state index contributed by atoms with van der Waals surface area (Å²) >= 11 is 5.85. The molecule has 0 aliphatic carbocycles. The first-order chi connectivity index (χ1) is 13.5. The summed E-state index contributed by atoms with van der Waals surface area (Å²) in [5, 5.41) is 13.2. The van der Waals surface area contributed by atoms with E-state index in [-0.39, 0.29) is 35.9 Å². The first-order valence-corrected chi connectivity index (χ1v) is 9.34. The molecule has 146 valence electrons. The predicted octanol–water partition coefficient (Wildman–Crippen LogP) is 3.25. The van der Waals surface area contributed by atoms with Crippen LogP contribution in [0.25, 0.3) is 10.9 Å². The van der Waals surface area contributed by atoms with Crippen LogP contribution in [0.3, 0.4) is 0 Å². The molecule has 8 heteroatoms.